The van der Waals surface area contributed by atoms with Crippen molar-refractivity contribution >= 4 is 27.3 Å². The van der Waals surface area contributed by atoms with Gasteiger partial charge in [-0.3, -0.25) is 0 Å². The van der Waals surface area contributed by atoms with Gasteiger partial charge >= 0.3 is 0 Å². The number of anilines is 2. The molecule has 0 aliphatic heterocycles. The fraction of sp³-hybridized carbons (Fsp3) is 0.500. The van der Waals surface area contributed by atoms with Crippen molar-refractivity contribution in [3.63, 3.8) is 0 Å². The molecule has 4 heteroatoms. The molecule has 1 unspecified atom stereocenters. The number of nitrogens with two attached hydrogens (primary N) is 1. The van der Waals surface area contributed by atoms with E-state index in [1.807, 2.05) is 0 Å². The van der Waals surface area contributed by atoms with E-state index in [0.717, 1.165) is 12.3 Å². The molecule has 1 aromatic rings. The minimum Gasteiger partial charge on any atom is -0.397 e. The SMILES string of the molecule is CC(CC1CC1)Nc1cc(F)c(Br)cc1N. The van der Waals surface area contributed by atoms with Crippen molar-refractivity contribution in [1.82, 2.24) is 0 Å². The van der Waals surface area contributed by atoms with Crippen LogP contribution in [0.15, 0.2) is 16.6 Å². The van der Waals surface area contributed by atoms with Crippen molar-refractivity contribution in [1.29, 1.82) is 0 Å². The van der Waals surface area contributed by atoms with Crippen LogP contribution in [0, 0.1) is 11.7 Å². The summed E-state index contributed by atoms with van der Waals surface area (Å²) in [5, 5.41) is 3.26. The maximum absolute atomic E-state index is 13.3. The van der Waals surface area contributed by atoms with Gasteiger partial charge in [-0.15, -0.1) is 0 Å². The normalized spacial score (nSPS) is 17.2. The molecule has 0 amide bonds. The van der Waals surface area contributed by atoms with Crippen LogP contribution < -0.4 is 11.1 Å². The summed E-state index contributed by atoms with van der Waals surface area (Å²) in [7, 11) is 0. The van der Waals surface area contributed by atoms with Gasteiger partial charge in [0.15, 0.2) is 0 Å². The Kier molecular flexibility index (Phi) is 3.38. The fourth-order valence-electron chi connectivity index (χ4n) is 1.87. The number of hydrogen-bond donors (Lipinski definition) is 2. The third kappa shape index (κ3) is 2.88. The van der Waals surface area contributed by atoms with Crippen LogP contribution in [0.5, 0.6) is 0 Å². The molecule has 88 valence electrons. The average Bonchev–Trinajstić information content (AvgIpc) is 2.98. The van der Waals surface area contributed by atoms with Gasteiger partial charge in [0.1, 0.15) is 5.82 Å². The Morgan fingerprint density at radius 3 is 2.88 bits per heavy atom. The minimum atomic E-state index is -0.282. The highest BCUT2D eigenvalue weighted by Gasteiger charge is 2.23. The van der Waals surface area contributed by atoms with Crippen molar-refractivity contribution in [2.24, 2.45) is 5.92 Å². The second kappa shape index (κ2) is 4.62. The van der Waals surface area contributed by atoms with Crippen LogP contribution in [0.3, 0.4) is 0 Å². The fourth-order valence-corrected chi connectivity index (χ4v) is 2.23. The lowest BCUT2D eigenvalue weighted by atomic mass is 10.1. The van der Waals surface area contributed by atoms with Gasteiger partial charge in [-0.1, -0.05) is 12.8 Å². The van der Waals surface area contributed by atoms with Crippen LogP contribution in [-0.4, -0.2) is 6.04 Å². The highest BCUT2D eigenvalue weighted by Crippen LogP contribution is 2.35. The van der Waals surface area contributed by atoms with E-state index in [2.05, 4.69) is 28.2 Å². The lowest BCUT2D eigenvalue weighted by molar-refractivity contribution is 0.618. The van der Waals surface area contributed by atoms with Gasteiger partial charge in [0.2, 0.25) is 0 Å². The van der Waals surface area contributed by atoms with E-state index in [0.29, 0.717) is 21.9 Å². The summed E-state index contributed by atoms with van der Waals surface area (Å²) in [5.74, 6) is 0.569. The van der Waals surface area contributed by atoms with Gasteiger partial charge in [0.25, 0.3) is 0 Å². The molecule has 0 spiro atoms. The predicted molar refractivity (Wildman–Crippen MR) is 68.9 cm³/mol. The summed E-state index contributed by atoms with van der Waals surface area (Å²) in [5.41, 5.74) is 7.09. The largest absolute Gasteiger partial charge is 0.397 e. The molecule has 1 aliphatic carbocycles. The molecule has 1 atom stereocenters. The second-order valence-electron chi connectivity index (χ2n) is 4.58. The van der Waals surface area contributed by atoms with Crippen molar-refractivity contribution in [3.8, 4) is 0 Å². The summed E-state index contributed by atoms with van der Waals surface area (Å²) in [6.07, 6.45) is 3.80. The first-order valence-electron chi connectivity index (χ1n) is 5.57. The van der Waals surface area contributed by atoms with Crippen LogP contribution in [0.4, 0.5) is 15.8 Å². The minimum absolute atomic E-state index is 0.282. The zero-order valence-electron chi connectivity index (χ0n) is 9.26. The third-order valence-electron chi connectivity index (χ3n) is 2.88. The summed E-state index contributed by atoms with van der Waals surface area (Å²) in [6, 6.07) is 3.39. The monoisotopic (exact) mass is 286 g/mol. The molecule has 0 radical (unpaired) electrons. The molecule has 0 aromatic heterocycles. The van der Waals surface area contributed by atoms with E-state index in [1.165, 1.54) is 18.9 Å². The first-order valence-corrected chi connectivity index (χ1v) is 6.36. The Hall–Kier alpha value is -0.770. The smallest absolute Gasteiger partial charge is 0.139 e. The number of benzene rings is 1. The van der Waals surface area contributed by atoms with E-state index in [4.69, 9.17) is 5.73 Å². The van der Waals surface area contributed by atoms with Crippen LogP contribution in [0.25, 0.3) is 0 Å². The average molecular weight is 287 g/mol. The summed E-state index contributed by atoms with van der Waals surface area (Å²) < 4.78 is 13.7. The Morgan fingerprint density at radius 1 is 1.56 bits per heavy atom. The van der Waals surface area contributed by atoms with Gasteiger partial charge in [0.05, 0.1) is 15.8 Å². The van der Waals surface area contributed by atoms with Crippen molar-refractivity contribution in [2.75, 3.05) is 11.1 Å². The lowest BCUT2D eigenvalue weighted by Gasteiger charge is -2.16. The summed E-state index contributed by atoms with van der Waals surface area (Å²) >= 11 is 3.11. The van der Waals surface area contributed by atoms with Gasteiger partial charge in [-0.05, 0) is 41.3 Å². The van der Waals surface area contributed by atoms with E-state index in [1.54, 1.807) is 6.07 Å². The molecule has 1 fully saturated rings. The zero-order valence-corrected chi connectivity index (χ0v) is 10.8. The molecule has 1 saturated carbocycles. The number of nitrogens with one attached hydrogen (secondary N) is 1. The van der Waals surface area contributed by atoms with Gasteiger partial charge in [-0.2, -0.15) is 0 Å². The molecular weight excluding hydrogens is 271 g/mol. The molecule has 1 aliphatic rings. The van der Waals surface area contributed by atoms with Crippen LogP contribution in [0.1, 0.15) is 26.2 Å². The topological polar surface area (TPSA) is 38.0 Å². The molecule has 0 heterocycles. The number of nitrogen functional groups attached to an aromatic ring is 1. The standard InChI is InChI=1S/C12H16BrFN2/c1-7(4-8-2-3-8)16-12-6-10(14)9(13)5-11(12)15/h5-8,16H,2-4,15H2,1H3. The number of rotatable bonds is 4. The van der Waals surface area contributed by atoms with Crippen molar-refractivity contribution in [2.45, 2.75) is 32.2 Å². The van der Waals surface area contributed by atoms with E-state index in [9.17, 15) is 4.39 Å². The Bertz CT molecular complexity index is 391. The summed E-state index contributed by atoms with van der Waals surface area (Å²) in [4.78, 5) is 0. The molecule has 16 heavy (non-hydrogen) atoms. The second-order valence-corrected chi connectivity index (χ2v) is 5.43. The van der Waals surface area contributed by atoms with E-state index in [-0.39, 0.29) is 5.82 Å². The first-order chi connectivity index (χ1) is 7.56. The highest BCUT2D eigenvalue weighted by atomic mass is 79.9. The molecule has 2 rings (SSSR count). The lowest BCUT2D eigenvalue weighted by Crippen LogP contribution is -2.17. The Morgan fingerprint density at radius 2 is 2.25 bits per heavy atom. The molecule has 1 aromatic carbocycles. The van der Waals surface area contributed by atoms with Crippen LogP contribution in [0.2, 0.25) is 0 Å². The predicted octanol–water partition coefficient (Wildman–Crippen LogP) is 3.77. The summed E-state index contributed by atoms with van der Waals surface area (Å²) in [6.45, 7) is 2.11. The van der Waals surface area contributed by atoms with Gasteiger partial charge < -0.3 is 11.1 Å². The highest BCUT2D eigenvalue weighted by molar-refractivity contribution is 9.10. The molecule has 3 N–H and O–H groups in total. The van der Waals surface area contributed by atoms with E-state index < -0.39 is 0 Å². The molecule has 2 nitrogen and oxygen atoms in total. The molecule has 0 bridgehead atoms. The first kappa shape index (κ1) is 11.7. The quantitative estimate of drug-likeness (QED) is 0.827. The molecule has 0 saturated heterocycles. The van der Waals surface area contributed by atoms with Crippen LogP contribution >= 0.6 is 15.9 Å². The van der Waals surface area contributed by atoms with Crippen LogP contribution in [-0.2, 0) is 0 Å². The number of hydrogen-bond acceptors (Lipinski definition) is 2. The zero-order chi connectivity index (χ0) is 11.7. The Balaban J connectivity index is 2.04. The van der Waals surface area contributed by atoms with Gasteiger partial charge in [-0.25, -0.2) is 4.39 Å². The van der Waals surface area contributed by atoms with Gasteiger partial charge in [0, 0.05) is 12.1 Å². The molecular formula is C12H16BrFN2. The third-order valence-corrected chi connectivity index (χ3v) is 3.49. The van der Waals surface area contributed by atoms with Crippen molar-refractivity contribution < 1.29 is 4.39 Å². The number of halogens is 2. The Labute approximate surface area is 104 Å². The van der Waals surface area contributed by atoms with E-state index >= 15 is 0 Å². The maximum atomic E-state index is 13.3. The van der Waals surface area contributed by atoms with Crippen molar-refractivity contribution in [3.05, 3.63) is 22.4 Å². The maximum Gasteiger partial charge on any atom is 0.139 e.